The van der Waals surface area contributed by atoms with Gasteiger partial charge >= 0.3 is 0 Å². The Morgan fingerprint density at radius 3 is 3.00 bits per heavy atom. The maximum atomic E-state index is 11.7. The van der Waals surface area contributed by atoms with E-state index >= 15 is 0 Å². The van der Waals surface area contributed by atoms with Gasteiger partial charge in [-0.25, -0.2) is 4.98 Å². The Morgan fingerprint density at radius 2 is 2.25 bits per heavy atom. The fourth-order valence-electron chi connectivity index (χ4n) is 2.27. The zero-order valence-corrected chi connectivity index (χ0v) is 12.7. The molecule has 0 bridgehead atoms. The van der Waals surface area contributed by atoms with E-state index in [-0.39, 0.29) is 5.91 Å². The van der Waals surface area contributed by atoms with Crippen LogP contribution >= 0.6 is 11.8 Å². The number of thioether (sulfide) groups is 1. The molecule has 2 rings (SSSR count). The molecule has 0 aliphatic carbocycles. The summed E-state index contributed by atoms with van der Waals surface area (Å²) in [7, 11) is 0. The number of carbonyl (C=O) groups excluding carboxylic acids is 1. The van der Waals surface area contributed by atoms with Crippen molar-refractivity contribution in [2.45, 2.75) is 37.5 Å². The topological polar surface area (TPSA) is 59.0 Å². The molecule has 2 heterocycles. The quantitative estimate of drug-likeness (QED) is 0.709. The molecule has 20 heavy (non-hydrogen) atoms. The van der Waals surface area contributed by atoms with E-state index < -0.39 is 0 Å². The molecule has 112 valence electrons. The van der Waals surface area contributed by atoms with Crippen LogP contribution < -0.4 is 10.6 Å². The fraction of sp³-hybridized carbons (Fsp3) is 0.714. The van der Waals surface area contributed by atoms with Crippen molar-refractivity contribution in [1.82, 2.24) is 20.2 Å². The number of piperidine rings is 1. The predicted molar refractivity (Wildman–Crippen MR) is 82.8 cm³/mol. The Labute approximate surface area is 124 Å². The van der Waals surface area contributed by atoms with E-state index in [1.165, 1.54) is 12.8 Å². The second-order valence-electron chi connectivity index (χ2n) is 5.12. The van der Waals surface area contributed by atoms with Crippen molar-refractivity contribution in [1.29, 1.82) is 0 Å². The van der Waals surface area contributed by atoms with E-state index in [1.54, 1.807) is 18.0 Å². The van der Waals surface area contributed by atoms with Crippen molar-refractivity contribution >= 4 is 17.7 Å². The minimum atomic E-state index is 0.177. The van der Waals surface area contributed by atoms with Crippen LogP contribution in [0.15, 0.2) is 18.7 Å². The maximum absolute atomic E-state index is 11.7. The van der Waals surface area contributed by atoms with Gasteiger partial charge in [0.2, 0.25) is 5.91 Å². The summed E-state index contributed by atoms with van der Waals surface area (Å²) in [5.41, 5.74) is 0. The lowest BCUT2D eigenvalue weighted by Gasteiger charge is -2.21. The number of imidazole rings is 1. The molecule has 0 saturated carbocycles. The van der Waals surface area contributed by atoms with Crippen LogP contribution in [0.2, 0.25) is 0 Å². The first-order valence-corrected chi connectivity index (χ1v) is 8.44. The summed E-state index contributed by atoms with van der Waals surface area (Å²) in [5.74, 6) is 0.780. The van der Waals surface area contributed by atoms with Crippen LogP contribution in [0.5, 0.6) is 0 Å². The molecule has 6 heteroatoms. The molecule has 1 aromatic heterocycles. The van der Waals surface area contributed by atoms with Crippen LogP contribution in [0.3, 0.4) is 0 Å². The molecule has 1 aliphatic rings. The van der Waals surface area contributed by atoms with Crippen molar-refractivity contribution in [3.05, 3.63) is 18.7 Å². The minimum Gasteiger partial charge on any atom is -0.355 e. The lowest BCUT2D eigenvalue weighted by molar-refractivity contribution is -0.118. The molecule has 1 amide bonds. The van der Waals surface area contributed by atoms with Gasteiger partial charge in [0.25, 0.3) is 0 Å². The molecule has 5 nitrogen and oxygen atoms in total. The van der Waals surface area contributed by atoms with Gasteiger partial charge in [0, 0.05) is 30.7 Å². The third-order valence-electron chi connectivity index (χ3n) is 3.46. The number of unbranched alkanes of at least 4 members (excludes halogenated alkanes) is 1. The van der Waals surface area contributed by atoms with Crippen LogP contribution in [0, 0.1) is 0 Å². The van der Waals surface area contributed by atoms with Gasteiger partial charge in [0.15, 0.2) is 0 Å². The van der Waals surface area contributed by atoms with E-state index in [4.69, 9.17) is 0 Å². The molecule has 1 saturated heterocycles. The Balaban J connectivity index is 1.45. The Bertz CT molecular complexity index is 377. The number of hydrogen-bond donors (Lipinski definition) is 2. The number of amides is 1. The van der Waals surface area contributed by atoms with E-state index in [2.05, 4.69) is 20.2 Å². The number of nitrogens with one attached hydrogen (secondary N) is 2. The summed E-state index contributed by atoms with van der Waals surface area (Å²) in [5, 5.41) is 7.00. The van der Waals surface area contributed by atoms with E-state index in [1.807, 2.05) is 12.5 Å². The normalized spacial score (nSPS) is 16.2. The van der Waals surface area contributed by atoms with Crippen LogP contribution in [0.4, 0.5) is 0 Å². The van der Waals surface area contributed by atoms with Gasteiger partial charge in [0.1, 0.15) is 0 Å². The predicted octanol–water partition coefficient (Wildman–Crippen LogP) is 1.26. The molecule has 0 atom stereocenters. The van der Waals surface area contributed by atoms with Crippen LogP contribution in [0.25, 0.3) is 0 Å². The van der Waals surface area contributed by atoms with Gasteiger partial charge in [-0.15, -0.1) is 11.8 Å². The molecule has 0 radical (unpaired) electrons. The van der Waals surface area contributed by atoms with Crippen molar-refractivity contribution in [2.75, 3.05) is 25.4 Å². The average Bonchev–Trinajstić information content (AvgIpc) is 2.99. The summed E-state index contributed by atoms with van der Waals surface area (Å²) in [6.07, 6.45) is 10.0. The third kappa shape index (κ3) is 5.96. The molecule has 1 aliphatic heterocycles. The number of rotatable bonds is 8. The zero-order valence-electron chi connectivity index (χ0n) is 11.9. The van der Waals surface area contributed by atoms with Gasteiger partial charge < -0.3 is 15.2 Å². The lowest BCUT2D eigenvalue weighted by atomic mass is 10.2. The van der Waals surface area contributed by atoms with Crippen LogP contribution in [0.1, 0.15) is 25.7 Å². The Kier molecular flexibility index (Phi) is 6.94. The minimum absolute atomic E-state index is 0.177. The zero-order chi connectivity index (χ0) is 14.0. The van der Waals surface area contributed by atoms with E-state index in [0.29, 0.717) is 11.0 Å². The van der Waals surface area contributed by atoms with E-state index in [9.17, 15) is 4.79 Å². The van der Waals surface area contributed by atoms with Gasteiger partial charge in [-0.3, -0.25) is 4.79 Å². The van der Waals surface area contributed by atoms with Gasteiger partial charge in [-0.2, -0.15) is 0 Å². The van der Waals surface area contributed by atoms with Crippen LogP contribution in [-0.2, 0) is 11.3 Å². The molecular weight excluding hydrogens is 272 g/mol. The first kappa shape index (κ1) is 15.4. The van der Waals surface area contributed by atoms with Crippen molar-refractivity contribution in [2.24, 2.45) is 0 Å². The summed E-state index contributed by atoms with van der Waals surface area (Å²) < 4.78 is 2.06. The average molecular weight is 296 g/mol. The van der Waals surface area contributed by atoms with Crippen molar-refractivity contribution in [3.63, 3.8) is 0 Å². The SMILES string of the molecule is O=C(CSC1CCNCC1)NCCCCn1ccnc1. The Morgan fingerprint density at radius 1 is 1.40 bits per heavy atom. The maximum Gasteiger partial charge on any atom is 0.230 e. The summed E-state index contributed by atoms with van der Waals surface area (Å²) in [6.45, 7) is 3.93. The van der Waals surface area contributed by atoms with Gasteiger partial charge in [-0.05, 0) is 38.8 Å². The first-order chi connectivity index (χ1) is 9.84. The highest BCUT2D eigenvalue weighted by Crippen LogP contribution is 2.19. The number of carbonyl (C=O) groups is 1. The number of nitrogens with zero attached hydrogens (tertiary/aromatic N) is 2. The van der Waals surface area contributed by atoms with Gasteiger partial charge in [0.05, 0.1) is 12.1 Å². The van der Waals surface area contributed by atoms with Gasteiger partial charge in [-0.1, -0.05) is 0 Å². The molecule has 1 fully saturated rings. The molecule has 0 aromatic carbocycles. The highest BCUT2D eigenvalue weighted by atomic mass is 32.2. The largest absolute Gasteiger partial charge is 0.355 e. The highest BCUT2D eigenvalue weighted by molar-refractivity contribution is 8.00. The molecule has 2 N–H and O–H groups in total. The standard InChI is InChI=1S/C14H24N4OS/c19-14(11-20-13-3-6-15-7-4-13)17-5-1-2-9-18-10-8-16-12-18/h8,10,12-13,15H,1-7,9,11H2,(H,17,19). The fourth-order valence-corrected chi connectivity index (χ4v) is 3.33. The monoisotopic (exact) mass is 296 g/mol. The number of hydrogen-bond acceptors (Lipinski definition) is 4. The molecule has 1 aromatic rings. The van der Waals surface area contributed by atoms with Crippen LogP contribution in [-0.4, -0.2) is 46.1 Å². The van der Waals surface area contributed by atoms with E-state index in [0.717, 1.165) is 39.0 Å². The van der Waals surface area contributed by atoms with Crippen molar-refractivity contribution in [3.8, 4) is 0 Å². The lowest BCUT2D eigenvalue weighted by Crippen LogP contribution is -2.31. The highest BCUT2D eigenvalue weighted by Gasteiger charge is 2.14. The third-order valence-corrected chi connectivity index (χ3v) is 4.83. The molecular formula is C14H24N4OS. The summed E-state index contributed by atoms with van der Waals surface area (Å²) >= 11 is 1.80. The second kappa shape index (κ2) is 9.02. The summed E-state index contributed by atoms with van der Waals surface area (Å²) in [6, 6.07) is 0. The Hall–Kier alpha value is -1.01. The number of aromatic nitrogens is 2. The number of aryl methyl sites for hydroxylation is 1. The summed E-state index contributed by atoms with van der Waals surface area (Å²) in [4.78, 5) is 15.7. The molecule has 0 spiro atoms. The smallest absolute Gasteiger partial charge is 0.230 e. The first-order valence-electron chi connectivity index (χ1n) is 7.39. The second-order valence-corrected chi connectivity index (χ2v) is 6.41. The van der Waals surface area contributed by atoms with Crippen molar-refractivity contribution < 1.29 is 4.79 Å². The molecule has 0 unspecified atom stereocenters.